The van der Waals surface area contributed by atoms with E-state index in [1.165, 1.54) is 35.1 Å². The van der Waals surface area contributed by atoms with Gasteiger partial charge in [0.2, 0.25) is 0 Å². The third kappa shape index (κ3) is 2.37. The van der Waals surface area contributed by atoms with Crippen LogP contribution in [0.2, 0.25) is 0 Å². The Balaban J connectivity index is 1.94. The summed E-state index contributed by atoms with van der Waals surface area (Å²) in [5.41, 5.74) is 8.20. The van der Waals surface area contributed by atoms with Crippen LogP contribution in [-0.4, -0.2) is 10.3 Å². The first-order valence-electron chi connectivity index (χ1n) is 6.79. The van der Waals surface area contributed by atoms with E-state index in [1.807, 2.05) is 11.8 Å². The van der Waals surface area contributed by atoms with E-state index in [-0.39, 0.29) is 0 Å². The minimum absolute atomic E-state index is 0.879. The van der Waals surface area contributed by atoms with Gasteiger partial charge >= 0.3 is 0 Å². The first kappa shape index (κ1) is 12.0. The minimum atomic E-state index is 0.879. The van der Waals surface area contributed by atoms with Crippen molar-refractivity contribution in [2.24, 2.45) is 5.92 Å². The first-order valence-corrected chi connectivity index (χ1v) is 7.77. The summed E-state index contributed by atoms with van der Waals surface area (Å²) in [4.78, 5) is 1.32. The van der Waals surface area contributed by atoms with Gasteiger partial charge in [-0.2, -0.15) is 0 Å². The summed E-state index contributed by atoms with van der Waals surface area (Å²) in [7, 11) is 0. The highest BCUT2D eigenvalue weighted by Crippen LogP contribution is 2.35. The lowest BCUT2D eigenvalue weighted by molar-refractivity contribution is 0.611. The molecule has 2 N–H and O–H groups in total. The van der Waals surface area contributed by atoms with Crippen molar-refractivity contribution in [3.05, 3.63) is 24.4 Å². The molecule has 1 fully saturated rings. The highest BCUT2D eigenvalue weighted by atomic mass is 32.2. The molecule has 0 bridgehead atoms. The molecule has 0 atom stereocenters. The zero-order valence-corrected chi connectivity index (χ0v) is 11.7. The minimum Gasteiger partial charge on any atom is -0.399 e. The largest absolute Gasteiger partial charge is 0.399 e. The van der Waals surface area contributed by atoms with Crippen molar-refractivity contribution in [2.75, 3.05) is 11.5 Å². The number of anilines is 1. The Bertz CT molecular complexity index is 555. The van der Waals surface area contributed by atoms with Crippen molar-refractivity contribution < 1.29 is 0 Å². The first-order chi connectivity index (χ1) is 8.78. The monoisotopic (exact) mass is 260 g/mol. The predicted octanol–water partition coefficient (Wildman–Crippen LogP) is 4.14. The van der Waals surface area contributed by atoms with Gasteiger partial charge in [-0.05, 0) is 36.3 Å². The molecule has 1 aromatic heterocycles. The molecule has 0 saturated heterocycles. The second-order valence-electron chi connectivity index (χ2n) is 5.13. The summed E-state index contributed by atoms with van der Waals surface area (Å²) in [5, 5.41) is 1.35. The fourth-order valence-corrected chi connectivity index (χ4v) is 3.34. The van der Waals surface area contributed by atoms with Crippen molar-refractivity contribution in [3.8, 4) is 0 Å². The third-order valence-corrected chi connectivity index (χ3v) is 4.59. The van der Waals surface area contributed by atoms with Gasteiger partial charge in [0.15, 0.2) is 0 Å². The SMILES string of the molecule is CCSc1cc(N)cc2c1ccn2CCC1CC1. The Labute approximate surface area is 113 Å². The Hall–Kier alpha value is -1.09. The Kier molecular flexibility index (Phi) is 3.25. The fraction of sp³-hybridized carbons (Fsp3) is 0.467. The molecule has 1 aliphatic carbocycles. The lowest BCUT2D eigenvalue weighted by atomic mass is 10.2. The van der Waals surface area contributed by atoms with Crippen LogP contribution >= 0.6 is 11.8 Å². The summed E-state index contributed by atoms with van der Waals surface area (Å²) in [6.07, 6.45) is 6.39. The molecule has 0 amide bonds. The second-order valence-corrected chi connectivity index (χ2v) is 6.43. The summed E-state index contributed by atoms with van der Waals surface area (Å²) < 4.78 is 2.36. The van der Waals surface area contributed by atoms with Gasteiger partial charge in [-0.15, -0.1) is 11.8 Å². The van der Waals surface area contributed by atoms with E-state index in [0.717, 1.165) is 23.9 Å². The van der Waals surface area contributed by atoms with E-state index in [0.29, 0.717) is 0 Å². The van der Waals surface area contributed by atoms with Crippen molar-refractivity contribution in [1.82, 2.24) is 4.57 Å². The molecule has 3 heteroatoms. The highest BCUT2D eigenvalue weighted by molar-refractivity contribution is 7.99. The highest BCUT2D eigenvalue weighted by Gasteiger charge is 2.20. The number of aryl methyl sites for hydroxylation is 1. The Morgan fingerprint density at radius 3 is 2.94 bits per heavy atom. The summed E-state index contributed by atoms with van der Waals surface area (Å²) in [5.74, 6) is 2.07. The molecule has 0 unspecified atom stereocenters. The number of fused-ring (bicyclic) bond motifs is 1. The van der Waals surface area contributed by atoms with E-state index in [4.69, 9.17) is 5.73 Å². The number of hydrogen-bond donors (Lipinski definition) is 1. The van der Waals surface area contributed by atoms with Gasteiger partial charge in [0.1, 0.15) is 0 Å². The number of nitrogens with two attached hydrogens (primary N) is 1. The summed E-state index contributed by atoms with van der Waals surface area (Å²) in [6.45, 7) is 3.32. The number of hydrogen-bond acceptors (Lipinski definition) is 2. The predicted molar refractivity (Wildman–Crippen MR) is 80.1 cm³/mol. The molecular formula is C15H20N2S. The average molecular weight is 260 g/mol. The van der Waals surface area contributed by atoms with E-state index in [1.54, 1.807) is 0 Å². The number of rotatable bonds is 5. The molecule has 1 saturated carbocycles. The molecule has 0 spiro atoms. The van der Waals surface area contributed by atoms with Crippen molar-refractivity contribution in [3.63, 3.8) is 0 Å². The number of aromatic nitrogens is 1. The zero-order chi connectivity index (χ0) is 12.5. The topological polar surface area (TPSA) is 30.9 Å². The summed E-state index contributed by atoms with van der Waals surface area (Å²) >= 11 is 1.88. The molecule has 18 heavy (non-hydrogen) atoms. The number of benzene rings is 1. The number of nitrogens with zero attached hydrogens (tertiary/aromatic N) is 1. The smallest absolute Gasteiger partial charge is 0.0512 e. The van der Waals surface area contributed by atoms with E-state index in [9.17, 15) is 0 Å². The maximum absolute atomic E-state index is 6.02. The number of nitrogen functional groups attached to an aromatic ring is 1. The molecule has 2 aromatic rings. The maximum atomic E-state index is 6.02. The van der Waals surface area contributed by atoms with Gasteiger partial charge < -0.3 is 10.3 Å². The van der Waals surface area contributed by atoms with Crippen LogP contribution in [0.4, 0.5) is 5.69 Å². The molecule has 1 aliphatic rings. The van der Waals surface area contributed by atoms with Gasteiger partial charge in [0, 0.05) is 28.7 Å². The van der Waals surface area contributed by atoms with Crippen molar-refractivity contribution in [1.29, 1.82) is 0 Å². The van der Waals surface area contributed by atoms with E-state index < -0.39 is 0 Å². The Morgan fingerprint density at radius 2 is 2.22 bits per heavy atom. The van der Waals surface area contributed by atoms with Crippen LogP contribution in [0, 0.1) is 5.92 Å². The van der Waals surface area contributed by atoms with Crippen LogP contribution in [0.5, 0.6) is 0 Å². The molecule has 1 aromatic carbocycles. The normalized spacial score (nSPS) is 15.4. The van der Waals surface area contributed by atoms with Gasteiger partial charge in [0.05, 0.1) is 5.52 Å². The van der Waals surface area contributed by atoms with Gasteiger partial charge in [-0.25, -0.2) is 0 Å². The van der Waals surface area contributed by atoms with Crippen molar-refractivity contribution >= 4 is 28.4 Å². The van der Waals surface area contributed by atoms with Crippen LogP contribution in [-0.2, 0) is 6.54 Å². The lowest BCUT2D eigenvalue weighted by Gasteiger charge is -2.08. The van der Waals surface area contributed by atoms with Crippen LogP contribution in [0.1, 0.15) is 26.2 Å². The van der Waals surface area contributed by atoms with Gasteiger partial charge in [-0.3, -0.25) is 0 Å². The van der Waals surface area contributed by atoms with Gasteiger partial charge in [0.25, 0.3) is 0 Å². The third-order valence-electron chi connectivity index (χ3n) is 3.65. The van der Waals surface area contributed by atoms with Crippen LogP contribution in [0.3, 0.4) is 0 Å². The Morgan fingerprint density at radius 1 is 1.39 bits per heavy atom. The molecule has 3 rings (SSSR count). The molecule has 0 aliphatic heterocycles. The molecular weight excluding hydrogens is 240 g/mol. The van der Waals surface area contributed by atoms with E-state index >= 15 is 0 Å². The molecule has 96 valence electrons. The van der Waals surface area contributed by atoms with E-state index in [2.05, 4.69) is 35.9 Å². The quantitative estimate of drug-likeness (QED) is 0.647. The summed E-state index contributed by atoms with van der Waals surface area (Å²) in [6, 6.07) is 6.45. The van der Waals surface area contributed by atoms with Gasteiger partial charge in [-0.1, -0.05) is 19.8 Å². The van der Waals surface area contributed by atoms with Crippen LogP contribution in [0.15, 0.2) is 29.3 Å². The fourth-order valence-electron chi connectivity index (χ4n) is 2.48. The molecule has 2 nitrogen and oxygen atoms in total. The number of thioether (sulfide) groups is 1. The standard InChI is InChI=1S/C15H20N2S/c1-2-18-15-10-12(16)9-14-13(15)6-8-17(14)7-5-11-3-4-11/h6,8-11H,2-5,7,16H2,1H3. The van der Waals surface area contributed by atoms with Crippen LogP contribution in [0.25, 0.3) is 10.9 Å². The molecule has 0 radical (unpaired) electrons. The maximum Gasteiger partial charge on any atom is 0.0512 e. The zero-order valence-electron chi connectivity index (χ0n) is 10.9. The molecule has 1 heterocycles. The van der Waals surface area contributed by atoms with Crippen molar-refractivity contribution in [2.45, 2.75) is 37.6 Å². The average Bonchev–Trinajstić information content (AvgIpc) is 3.08. The van der Waals surface area contributed by atoms with Crippen LogP contribution < -0.4 is 5.73 Å². The lowest BCUT2D eigenvalue weighted by Crippen LogP contribution is -1.97. The second kappa shape index (κ2) is 4.88.